The van der Waals surface area contributed by atoms with Crippen molar-refractivity contribution in [1.82, 2.24) is 10.1 Å². The van der Waals surface area contributed by atoms with Gasteiger partial charge in [0, 0.05) is 6.42 Å². The molecule has 1 heterocycles. The Balaban J connectivity index is 2.24. The van der Waals surface area contributed by atoms with Gasteiger partial charge in [0.2, 0.25) is 5.89 Å². The van der Waals surface area contributed by atoms with Gasteiger partial charge in [-0.3, -0.25) is 0 Å². The largest absolute Gasteiger partial charge is 0.338 e. The van der Waals surface area contributed by atoms with Gasteiger partial charge in [-0.2, -0.15) is 4.98 Å². The number of hydrogen-bond donors (Lipinski definition) is 0. The Kier molecular flexibility index (Phi) is 3.23. The van der Waals surface area contributed by atoms with Gasteiger partial charge in [0.1, 0.15) is 5.75 Å². The lowest BCUT2D eigenvalue weighted by molar-refractivity contribution is 0.383. The van der Waals surface area contributed by atoms with Crippen LogP contribution >= 0.6 is 0 Å². The highest BCUT2D eigenvalue weighted by Gasteiger charge is 2.18. The lowest BCUT2D eigenvalue weighted by Crippen LogP contribution is -2.05. The number of aromatic nitrogens is 2. The number of nitrogens with zero attached hydrogens (tertiary/aromatic N) is 2. The van der Waals surface area contributed by atoms with Crippen molar-refractivity contribution in [2.75, 3.05) is 0 Å². The molecule has 1 aromatic heterocycles. The maximum absolute atomic E-state index is 12.0. The van der Waals surface area contributed by atoms with Crippen molar-refractivity contribution in [2.45, 2.75) is 24.0 Å². The molecule has 0 atom stereocenters. The Morgan fingerprint density at radius 3 is 2.53 bits per heavy atom. The minimum absolute atomic E-state index is 0.130. The van der Waals surface area contributed by atoms with Crippen LogP contribution in [0.2, 0.25) is 0 Å². The SMILES string of the molecule is CCc1noc(CS(=O)(=O)c2ccccc2)n1. The molecule has 1 aromatic carbocycles. The van der Waals surface area contributed by atoms with Crippen LogP contribution in [-0.2, 0) is 22.0 Å². The first-order valence-electron chi connectivity index (χ1n) is 5.21. The van der Waals surface area contributed by atoms with Gasteiger partial charge in [-0.15, -0.1) is 0 Å². The summed E-state index contributed by atoms with van der Waals surface area (Å²) in [5.41, 5.74) is 0. The molecule has 90 valence electrons. The first kappa shape index (κ1) is 11.8. The second-order valence-corrected chi connectivity index (χ2v) is 5.52. The Labute approximate surface area is 99.4 Å². The van der Waals surface area contributed by atoms with Gasteiger partial charge in [0.25, 0.3) is 0 Å². The van der Waals surface area contributed by atoms with Crippen LogP contribution in [0.15, 0.2) is 39.8 Å². The molecule has 17 heavy (non-hydrogen) atoms. The summed E-state index contributed by atoms with van der Waals surface area (Å²) in [6.45, 7) is 1.88. The maximum Gasteiger partial charge on any atom is 0.242 e. The van der Waals surface area contributed by atoms with Crippen LogP contribution in [-0.4, -0.2) is 18.6 Å². The Morgan fingerprint density at radius 2 is 1.94 bits per heavy atom. The number of sulfone groups is 1. The monoisotopic (exact) mass is 252 g/mol. The summed E-state index contributed by atoms with van der Waals surface area (Å²) in [5, 5.41) is 3.66. The molecule has 0 bridgehead atoms. The molecular formula is C11H12N2O3S. The van der Waals surface area contributed by atoms with Gasteiger partial charge in [-0.05, 0) is 12.1 Å². The molecule has 0 saturated carbocycles. The summed E-state index contributed by atoms with van der Waals surface area (Å²) in [5.74, 6) is 0.387. The number of rotatable bonds is 4. The second kappa shape index (κ2) is 4.67. The molecule has 0 aliphatic carbocycles. The van der Waals surface area contributed by atoms with E-state index in [4.69, 9.17) is 4.52 Å². The summed E-state index contributed by atoms with van der Waals surface area (Å²) in [7, 11) is -3.40. The zero-order valence-corrected chi connectivity index (χ0v) is 10.1. The van der Waals surface area contributed by atoms with Crippen LogP contribution in [0.4, 0.5) is 0 Å². The molecular weight excluding hydrogens is 240 g/mol. The van der Waals surface area contributed by atoms with Crippen molar-refractivity contribution in [3.8, 4) is 0 Å². The predicted octanol–water partition coefficient (Wildman–Crippen LogP) is 1.61. The first-order chi connectivity index (χ1) is 8.12. The average molecular weight is 252 g/mol. The second-order valence-electron chi connectivity index (χ2n) is 3.53. The Bertz CT molecular complexity index is 590. The smallest absolute Gasteiger partial charge is 0.242 e. The van der Waals surface area contributed by atoms with Crippen molar-refractivity contribution in [3.63, 3.8) is 0 Å². The normalized spacial score (nSPS) is 11.6. The van der Waals surface area contributed by atoms with E-state index in [1.165, 1.54) is 0 Å². The summed E-state index contributed by atoms with van der Waals surface area (Å²) in [6, 6.07) is 8.22. The molecule has 0 amide bonds. The average Bonchev–Trinajstić information content (AvgIpc) is 2.77. The zero-order valence-electron chi connectivity index (χ0n) is 9.33. The van der Waals surface area contributed by atoms with E-state index < -0.39 is 9.84 Å². The highest BCUT2D eigenvalue weighted by Crippen LogP contribution is 2.14. The fourth-order valence-corrected chi connectivity index (χ4v) is 2.55. The van der Waals surface area contributed by atoms with Crippen LogP contribution in [0.5, 0.6) is 0 Å². The van der Waals surface area contributed by atoms with Crippen molar-refractivity contribution in [3.05, 3.63) is 42.0 Å². The fourth-order valence-electron chi connectivity index (χ4n) is 1.37. The fraction of sp³-hybridized carbons (Fsp3) is 0.273. The molecule has 0 unspecified atom stereocenters. The molecule has 0 aliphatic heterocycles. The van der Waals surface area contributed by atoms with Gasteiger partial charge in [-0.1, -0.05) is 30.3 Å². The molecule has 0 saturated heterocycles. The molecule has 0 fully saturated rings. The molecule has 2 rings (SSSR count). The van der Waals surface area contributed by atoms with E-state index in [9.17, 15) is 8.42 Å². The van der Waals surface area contributed by atoms with Crippen molar-refractivity contribution >= 4 is 9.84 Å². The van der Waals surface area contributed by atoms with Gasteiger partial charge < -0.3 is 4.52 Å². The molecule has 0 spiro atoms. The van der Waals surface area contributed by atoms with Crippen LogP contribution in [0, 0.1) is 0 Å². The lowest BCUT2D eigenvalue weighted by Gasteiger charge is -1.99. The zero-order chi connectivity index (χ0) is 12.3. The van der Waals surface area contributed by atoms with Crippen LogP contribution in [0.25, 0.3) is 0 Å². The molecule has 0 aliphatic rings. The topological polar surface area (TPSA) is 73.1 Å². The van der Waals surface area contributed by atoms with E-state index in [1.807, 2.05) is 6.92 Å². The van der Waals surface area contributed by atoms with Crippen LogP contribution < -0.4 is 0 Å². The van der Waals surface area contributed by atoms with E-state index in [-0.39, 0.29) is 16.5 Å². The molecule has 0 N–H and O–H groups in total. The predicted molar refractivity (Wildman–Crippen MR) is 61.0 cm³/mol. The summed E-state index contributed by atoms with van der Waals surface area (Å²) in [6.07, 6.45) is 0.620. The van der Waals surface area contributed by atoms with Gasteiger partial charge in [0.05, 0.1) is 4.90 Å². The molecule has 6 heteroatoms. The van der Waals surface area contributed by atoms with E-state index >= 15 is 0 Å². The number of hydrogen-bond acceptors (Lipinski definition) is 5. The minimum atomic E-state index is -3.40. The number of benzene rings is 1. The quantitative estimate of drug-likeness (QED) is 0.826. The van der Waals surface area contributed by atoms with Gasteiger partial charge in [0.15, 0.2) is 15.7 Å². The molecule has 5 nitrogen and oxygen atoms in total. The number of aryl methyl sites for hydroxylation is 1. The maximum atomic E-state index is 12.0. The van der Waals surface area contributed by atoms with Crippen molar-refractivity contribution in [1.29, 1.82) is 0 Å². The molecule has 2 aromatic rings. The van der Waals surface area contributed by atoms with E-state index in [0.717, 1.165) is 0 Å². The summed E-state index contributed by atoms with van der Waals surface area (Å²) < 4.78 is 28.8. The standard InChI is InChI=1S/C11H12N2O3S/c1-2-10-12-11(16-13-10)8-17(14,15)9-6-4-3-5-7-9/h3-7H,2,8H2,1H3. The Morgan fingerprint density at radius 1 is 1.24 bits per heavy atom. The van der Waals surface area contributed by atoms with Crippen LogP contribution in [0.1, 0.15) is 18.6 Å². The van der Waals surface area contributed by atoms with Gasteiger partial charge in [-0.25, -0.2) is 8.42 Å². The van der Waals surface area contributed by atoms with Crippen molar-refractivity contribution < 1.29 is 12.9 Å². The van der Waals surface area contributed by atoms with E-state index in [2.05, 4.69) is 10.1 Å². The third-order valence-electron chi connectivity index (χ3n) is 2.24. The van der Waals surface area contributed by atoms with Crippen molar-refractivity contribution in [2.24, 2.45) is 0 Å². The third-order valence-corrected chi connectivity index (χ3v) is 3.86. The van der Waals surface area contributed by atoms with E-state index in [1.54, 1.807) is 30.3 Å². The lowest BCUT2D eigenvalue weighted by atomic mass is 10.4. The highest BCUT2D eigenvalue weighted by molar-refractivity contribution is 7.90. The van der Waals surface area contributed by atoms with E-state index in [0.29, 0.717) is 12.2 Å². The minimum Gasteiger partial charge on any atom is -0.338 e. The highest BCUT2D eigenvalue weighted by atomic mass is 32.2. The Hall–Kier alpha value is -1.69. The summed E-state index contributed by atoms with van der Waals surface area (Å²) in [4.78, 5) is 4.24. The first-order valence-corrected chi connectivity index (χ1v) is 6.86. The van der Waals surface area contributed by atoms with Crippen LogP contribution in [0.3, 0.4) is 0 Å². The van der Waals surface area contributed by atoms with Gasteiger partial charge >= 0.3 is 0 Å². The third kappa shape index (κ3) is 2.71. The molecule has 0 radical (unpaired) electrons. The summed E-state index contributed by atoms with van der Waals surface area (Å²) >= 11 is 0.